The van der Waals surface area contributed by atoms with Crippen LogP contribution in [0.3, 0.4) is 0 Å². The summed E-state index contributed by atoms with van der Waals surface area (Å²) in [5.41, 5.74) is 7.96. The summed E-state index contributed by atoms with van der Waals surface area (Å²) in [6.45, 7) is -0.424. The lowest BCUT2D eigenvalue weighted by molar-refractivity contribution is -0.137. The highest BCUT2D eigenvalue weighted by Crippen LogP contribution is 2.36. The molecule has 20 heavy (non-hydrogen) atoms. The van der Waals surface area contributed by atoms with Gasteiger partial charge in [-0.1, -0.05) is 6.07 Å². The predicted octanol–water partition coefficient (Wildman–Crippen LogP) is 0.539. The minimum absolute atomic E-state index is 0.330. The molecule has 1 aromatic rings. The first kappa shape index (κ1) is 15.5. The third kappa shape index (κ3) is 3.70. The molecule has 0 aliphatic heterocycles. The molecule has 0 unspecified atom stereocenters. The highest BCUT2D eigenvalue weighted by atomic mass is 19.4. The van der Waals surface area contributed by atoms with Crippen molar-refractivity contribution in [3.63, 3.8) is 0 Å². The van der Waals surface area contributed by atoms with E-state index in [4.69, 9.17) is 11.5 Å². The minimum atomic E-state index is -4.76. The van der Waals surface area contributed by atoms with Gasteiger partial charge in [0.1, 0.15) is 6.29 Å². The van der Waals surface area contributed by atoms with Gasteiger partial charge in [-0.05, 0) is 12.1 Å². The molecule has 0 aromatic heterocycles. The number of amides is 1. The molecular formula is C11H11F3N4O2. The quantitative estimate of drug-likeness (QED) is 0.426. The van der Waals surface area contributed by atoms with Crippen molar-refractivity contribution in [2.75, 3.05) is 6.54 Å². The number of hydrogen-bond acceptors (Lipinski definition) is 3. The molecule has 5 N–H and O–H groups in total. The second kappa shape index (κ2) is 6.04. The molecule has 0 radical (unpaired) electrons. The second-order valence-electron chi connectivity index (χ2n) is 3.61. The number of guanidine groups is 1. The molecule has 1 rings (SSSR count). The number of nitrogens with two attached hydrogens (primary N) is 2. The van der Waals surface area contributed by atoms with Gasteiger partial charge in [0.2, 0.25) is 0 Å². The van der Waals surface area contributed by atoms with Crippen LogP contribution < -0.4 is 16.8 Å². The Bertz CT molecular complexity index is 551. The van der Waals surface area contributed by atoms with E-state index in [-0.39, 0.29) is 5.69 Å². The molecule has 0 aliphatic carbocycles. The molecule has 0 aliphatic rings. The third-order valence-electron chi connectivity index (χ3n) is 2.17. The second-order valence-corrected chi connectivity index (χ2v) is 3.61. The molecule has 6 nitrogen and oxygen atoms in total. The van der Waals surface area contributed by atoms with E-state index in [1.165, 1.54) is 0 Å². The van der Waals surface area contributed by atoms with E-state index in [9.17, 15) is 22.8 Å². The Kier molecular flexibility index (Phi) is 4.68. The molecule has 9 heteroatoms. The Hall–Kier alpha value is -2.58. The summed E-state index contributed by atoms with van der Waals surface area (Å²) in [7, 11) is 0. The summed E-state index contributed by atoms with van der Waals surface area (Å²) in [6, 6.07) is 2.95. The average molecular weight is 288 g/mol. The van der Waals surface area contributed by atoms with Crippen molar-refractivity contribution in [3.8, 4) is 0 Å². The van der Waals surface area contributed by atoms with E-state index < -0.39 is 35.7 Å². The van der Waals surface area contributed by atoms with Crippen LogP contribution in [0.4, 0.5) is 18.9 Å². The molecule has 1 amide bonds. The van der Waals surface area contributed by atoms with Gasteiger partial charge in [0.05, 0.1) is 23.4 Å². The van der Waals surface area contributed by atoms with E-state index in [0.717, 1.165) is 18.2 Å². The van der Waals surface area contributed by atoms with Crippen LogP contribution in [0.2, 0.25) is 0 Å². The Morgan fingerprint density at radius 3 is 2.50 bits per heavy atom. The standard InChI is InChI=1S/C11H11F3N4O2/c12-11(13,14)6-2-1-3-7(18-10(15)16)8(6)9(20)17-4-5-19/h1-3,5H,4H2,(H,17,20)(H4,15,16,18). The van der Waals surface area contributed by atoms with Gasteiger partial charge in [-0.25, -0.2) is 4.99 Å². The Morgan fingerprint density at radius 2 is 2.00 bits per heavy atom. The van der Waals surface area contributed by atoms with Gasteiger partial charge in [0, 0.05) is 0 Å². The van der Waals surface area contributed by atoms with Crippen molar-refractivity contribution in [2.24, 2.45) is 16.5 Å². The average Bonchev–Trinajstić information content (AvgIpc) is 2.33. The lowest BCUT2D eigenvalue weighted by Gasteiger charge is -2.14. The fourth-order valence-electron chi connectivity index (χ4n) is 1.47. The molecule has 0 spiro atoms. The van der Waals surface area contributed by atoms with Crippen molar-refractivity contribution in [3.05, 3.63) is 29.3 Å². The lowest BCUT2D eigenvalue weighted by Crippen LogP contribution is -2.28. The monoisotopic (exact) mass is 288 g/mol. The number of nitrogens with one attached hydrogen (secondary N) is 1. The maximum absolute atomic E-state index is 12.9. The molecule has 0 heterocycles. The fraction of sp³-hybridized carbons (Fsp3) is 0.182. The number of aldehydes is 1. The number of carbonyl (C=O) groups is 2. The number of rotatable bonds is 4. The van der Waals surface area contributed by atoms with Crippen LogP contribution in [0.25, 0.3) is 0 Å². The summed E-state index contributed by atoms with van der Waals surface area (Å²) in [5, 5.41) is 2.02. The molecular weight excluding hydrogens is 277 g/mol. The fourth-order valence-corrected chi connectivity index (χ4v) is 1.47. The first-order valence-electron chi connectivity index (χ1n) is 5.29. The summed E-state index contributed by atoms with van der Waals surface area (Å²) in [5.74, 6) is -1.58. The van der Waals surface area contributed by atoms with Gasteiger partial charge in [0.25, 0.3) is 5.91 Å². The van der Waals surface area contributed by atoms with E-state index in [1.807, 2.05) is 5.32 Å². The van der Waals surface area contributed by atoms with Gasteiger partial charge in [-0.2, -0.15) is 13.2 Å². The van der Waals surface area contributed by atoms with Gasteiger partial charge in [-0.15, -0.1) is 0 Å². The molecule has 0 saturated carbocycles. The van der Waals surface area contributed by atoms with E-state index >= 15 is 0 Å². The Labute approximate surface area is 111 Å². The van der Waals surface area contributed by atoms with Crippen molar-refractivity contribution in [1.82, 2.24) is 5.32 Å². The molecule has 0 bridgehead atoms. The summed E-state index contributed by atoms with van der Waals surface area (Å²) in [4.78, 5) is 25.4. The maximum Gasteiger partial charge on any atom is 0.417 e. The number of hydrogen-bond donors (Lipinski definition) is 3. The number of nitrogens with zero attached hydrogens (tertiary/aromatic N) is 1. The molecule has 0 fully saturated rings. The topological polar surface area (TPSA) is 111 Å². The largest absolute Gasteiger partial charge is 0.417 e. The zero-order chi connectivity index (χ0) is 15.3. The van der Waals surface area contributed by atoms with Crippen molar-refractivity contribution >= 4 is 23.8 Å². The Balaban J connectivity index is 3.44. The van der Waals surface area contributed by atoms with Crippen LogP contribution in [0.5, 0.6) is 0 Å². The normalized spacial score (nSPS) is 10.8. The molecule has 0 saturated heterocycles. The van der Waals surface area contributed by atoms with Gasteiger partial charge in [-0.3, -0.25) is 4.79 Å². The maximum atomic E-state index is 12.9. The summed E-state index contributed by atoms with van der Waals surface area (Å²) in [6.07, 6.45) is -4.42. The van der Waals surface area contributed by atoms with Crippen LogP contribution >= 0.6 is 0 Å². The van der Waals surface area contributed by atoms with E-state index in [2.05, 4.69) is 4.99 Å². The summed E-state index contributed by atoms with van der Waals surface area (Å²) < 4.78 is 38.7. The number of halogens is 3. The highest BCUT2D eigenvalue weighted by molar-refractivity contribution is 6.02. The van der Waals surface area contributed by atoms with Crippen LogP contribution in [0.15, 0.2) is 23.2 Å². The van der Waals surface area contributed by atoms with Crippen LogP contribution in [0, 0.1) is 0 Å². The zero-order valence-corrected chi connectivity index (χ0v) is 10.1. The molecule has 108 valence electrons. The minimum Gasteiger partial charge on any atom is -0.370 e. The van der Waals surface area contributed by atoms with E-state index in [1.54, 1.807) is 0 Å². The van der Waals surface area contributed by atoms with Gasteiger partial charge in [0.15, 0.2) is 5.96 Å². The number of carbonyl (C=O) groups excluding carboxylic acids is 2. The van der Waals surface area contributed by atoms with E-state index in [0.29, 0.717) is 6.29 Å². The highest BCUT2D eigenvalue weighted by Gasteiger charge is 2.36. The first-order chi connectivity index (χ1) is 9.27. The van der Waals surface area contributed by atoms with Crippen molar-refractivity contribution in [2.45, 2.75) is 6.18 Å². The van der Waals surface area contributed by atoms with Crippen molar-refractivity contribution in [1.29, 1.82) is 0 Å². The molecule has 1 aromatic carbocycles. The van der Waals surface area contributed by atoms with Gasteiger partial charge < -0.3 is 21.6 Å². The third-order valence-corrected chi connectivity index (χ3v) is 2.17. The Morgan fingerprint density at radius 1 is 1.35 bits per heavy atom. The van der Waals surface area contributed by atoms with Crippen LogP contribution in [0.1, 0.15) is 15.9 Å². The first-order valence-corrected chi connectivity index (χ1v) is 5.29. The number of alkyl halides is 3. The zero-order valence-electron chi connectivity index (χ0n) is 10.1. The van der Waals surface area contributed by atoms with Crippen molar-refractivity contribution < 1.29 is 22.8 Å². The number of aliphatic imine (C=N–C) groups is 1. The predicted molar refractivity (Wildman–Crippen MR) is 65.3 cm³/mol. The number of benzene rings is 1. The van der Waals surface area contributed by atoms with Gasteiger partial charge >= 0.3 is 6.18 Å². The summed E-state index contributed by atoms with van der Waals surface area (Å²) >= 11 is 0. The van der Waals surface area contributed by atoms with Crippen LogP contribution in [-0.4, -0.2) is 24.7 Å². The SMILES string of the molecule is NC(N)=Nc1cccc(C(F)(F)F)c1C(=O)NCC=O. The van der Waals surface area contributed by atoms with Crippen LogP contribution in [-0.2, 0) is 11.0 Å². The smallest absolute Gasteiger partial charge is 0.370 e. The molecule has 0 atom stereocenters. The lowest BCUT2D eigenvalue weighted by atomic mass is 10.0.